The third kappa shape index (κ3) is 3.80. The Morgan fingerprint density at radius 2 is 1.00 bits per heavy atom. The molecular formula is C50H31N3. The van der Waals surface area contributed by atoms with Crippen LogP contribution < -0.4 is 0 Å². The summed E-state index contributed by atoms with van der Waals surface area (Å²) in [7, 11) is 0. The van der Waals surface area contributed by atoms with Gasteiger partial charge in [-0.1, -0.05) is 133 Å². The molecule has 0 amide bonds. The highest BCUT2D eigenvalue weighted by atomic mass is 15.0. The molecule has 0 unspecified atom stereocenters. The summed E-state index contributed by atoms with van der Waals surface area (Å²) < 4.78 is 4.53. The van der Waals surface area contributed by atoms with Crippen molar-refractivity contribution in [2.24, 2.45) is 0 Å². The molecule has 2 aliphatic carbocycles. The van der Waals surface area contributed by atoms with Crippen LogP contribution in [-0.2, 0) is 5.41 Å². The van der Waals surface area contributed by atoms with Crippen molar-refractivity contribution in [3.05, 3.63) is 211 Å². The molecular weight excluding hydrogens is 643 g/mol. The minimum atomic E-state index is -0.378. The Hall–Kier alpha value is -6.97. The summed E-state index contributed by atoms with van der Waals surface area (Å²) >= 11 is 0. The van der Waals surface area contributed by atoms with Crippen LogP contribution in [0.4, 0.5) is 0 Å². The lowest BCUT2D eigenvalue weighted by Crippen LogP contribution is -2.25. The molecule has 3 nitrogen and oxygen atoms in total. The SMILES string of the molecule is c1ccc(-n2c3cc(-c4ccc(-c5cn6ccccc6n5)cc4)ccc3c3cc4c(cc32)-c2ccccc2C42c3ccccc3-c3ccccc32)cc1. The average Bonchev–Trinajstić information content (AvgIpc) is 3.96. The second-order valence-electron chi connectivity index (χ2n) is 14.4. The molecule has 0 radical (unpaired) electrons. The predicted octanol–water partition coefficient (Wildman–Crippen LogP) is 12.1. The van der Waals surface area contributed by atoms with Crippen molar-refractivity contribution in [1.29, 1.82) is 0 Å². The highest BCUT2D eigenvalue weighted by Crippen LogP contribution is 2.63. The third-order valence-electron chi connectivity index (χ3n) is 11.8. The molecule has 10 aromatic rings. The van der Waals surface area contributed by atoms with Gasteiger partial charge in [0.1, 0.15) is 5.65 Å². The summed E-state index contributed by atoms with van der Waals surface area (Å²) in [5.41, 5.74) is 19.3. The lowest BCUT2D eigenvalue weighted by atomic mass is 9.70. The Bertz CT molecular complexity index is 3030. The average molecular weight is 674 g/mol. The molecule has 0 atom stereocenters. The molecule has 1 spiro atoms. The van der Waals surface area contributed by atoms with Crippen LogP contribution in [0.15, 0.2) is 188 Å². The molecule has 53 heavy (non-hydrogen) atoms. The molecule has 0 N–H and O–H groups in total. The van der Waals surface area contributed by atoms with Crippen molar-refractivity contribution >= 4 is 27.5 Å². The normalized spacial score (nSPS) is 13.4. The molecule has 0 saturated heterocycles. The van der Waals surface area contributed by atoms with Gasteiger partial charge in [0.15, 0.2) is 0 Å². The molecule has 12 rings (SSSR count). The largest absolute Gasteiger partial charge is 0.309 e. The van der Waals surface area contributed by atoms with Crippen LogP contribution in [0.1, 0.15) is 22.3 Å². The van der Waals surface area contributed by atoms with Gasteiger partial charge in [0, 0.05) is 34.4 Å². The van der Waals surface area contributed by atoms with Crippen molar-refractivity contribution in [3.63, 3.8) is 0 Å². The first-order valence-corrected chi connectivity index (χ1v) is 18.3. The van der Waals surface area contributed by atoms with Crippen LogP contribution in [0.5, 0.6) is 0 Å². The van der Waals surface area contributed by atoms with Crippen molar-refractivity contribution < 1.29 is 0 Å². The van der Waals surface area contributed by atoms with Gasteiger partial charge in [-0.3, -0.25) is 0 Å². The number of fused-ring (bicyclic) bond motifs is 14. The maximum Gasteiger partial charge on any atom is 0.137 e. The van der Waals surface area contributed by atoms with E-state index in [2.05, 4.69) is 173 Å². The van der Waals surface area contributed by atoms with Crippen molar-refractivity contribution in [1.82, 2.24) is 14.0 Å². The minimum Gasteiger partial charge on any atom is -0.309 e. The second kappa shape index (κ2) is 10.5. The van der Waals surface area contributed by atoms with Crippen molar-refractivity contribution in [2.75, 3.05) is 0 Å². The first-order chi connectivity index (χ1) is 26.3. The standard InChI is InChI=1S/C50H31N3/c1-2-12-35(13-3-1)53-47-28-34(32-21-23-33(24-22-32)46-31-52-27-11-10-20-49(52)51-46)25-26-39(47)41-29-45-40(30-48(41)53)38-16-6-9-19-44(38)50(45)42-17-7-4-14-36(42)37-15-5-8-18-43(37)50/h1-31H. The Morgan fingerprint density at radius 1 is 0.415 bits per heavy atom. The number of para-hydroxylation sites is 1. The number of hydrogen-bond donors (Lipinski definition) is 0. The molecule has 0 saturated carbocycles. The fraction of sp³-hybridized carbons (Fsp3) is 0.0200. The first kappa shape index (κ1) is 28.7. The molecule has 3 heterocycles. The fourth-order valence-electron chi connectivity index (χ4n) is 9.54. The van der Waals surface area contributed by atoms with Gasteiger partial charge < -0.3 is 8.97 Å². The van der Waals surface area contributed by atoms with Crippen LogP contribution in [0.2, 0.25) is 0 Å². The number of benzene rings is 7. The summed E-state index contributed by atoms with van der Waals surface area (Å²) in [6, 6.07) is 64.9. The summed E-state index contributed by atoms with van der Waals surface area (Å²) in [6.07, 6.45) is 4.14. The molecule has 3 aromatic heterocycles. The molecule has 0 fully saturated rings. The number of pyridine rings is 1. The van der Waals surface area contributed by atoms with Crippen LogP contribution in [0, 0.1) is 0 Å². The number of imidazole rings is 1. The highest BCUT2D eigenvalue weighted by molar-refractivity contribution is 6.13. The number of aromatic nitrogens is 3. The smallest absolute Gasteiger partial charge is 0.137 e. The van der Waals surface area contributed by atoms with Gasteiger partial charge in [-0.05, 0) is 98.1 Å². The van der Waals surface area contributed by atoms with Crippen LogP contribution in [-0.4, -0.2) is 14.0 Å². The van der Waals surface area contributed by atoms with E-state index in [9.17, 15) is 0 Å². The molecule has 246 valence electrons. The van der Waals surface area contributed by atoms with E-state index < -0.39 is 0 Å². The van der Waals surface area contributed by atoms with Gasteiger partial charge in [0.25, 0.3) is 0 Å². The fourth-order valence-corrected chi connectivity index (χ4v) is 9.54. The van der Waals surface area contributed by atoms with E-state index in [1.807, 2.05) is 24.4 Å². The number of hydrogen-bond acceptors (Lipinski definition) is 1. The second-order valence-corrected chi connectivity index (χ2v) is 14.4. The van der Waals surface area contributed by atoms with E-state index in [1.165, 1.54) is 77.4 Å². The summed E-state index contributed by atoms with van der Waals surface area (Å²) in [6.45, 7) is 0. The van der Waals surface area contributed by atoms with Gasteiger partial charge >= 0.3 is 0 Å². The van der Waals surface area contributed by atoms with E-state index in [1.54, 1.807) is 0 Å². The zero-order chi connectivity index (χ0) is 34.7. The zero-order valence-corrected chi connectivity index (χ0v) is 28.7. The van der Waals surface area contributed by atoms with Gasteiger partial charge in [0.2, 0.25) is 0 Å². The predicted molar refractivity (Wildman–Crippen MR) is 217 cm³/mol. The third-order valence-corrected chi connectivity index (χ3v) is 11.8. The monoisotopic (exact) mass is 673 g/mol. The van der Waals surface area contributed by atoms with Crippen molar-refractivity contribution in [3.8, 4) is 50.3 Å². The molecule has 0 bridgehead atoms. The van der Waals surface area contributed by atoms with E-state index in [0.717, 1.165) is 22.6 Å². The zero-order valence-electron chi connectivity index (χ0n) is 28.7. The minimum absolute atomic E-state index is 0.378. The number of nitrogens with zero attached hydrogens (tertiary/aromatic N) is 3. The van der Waals surface area contributed by atoms with Crippen LogP contribution in [0.25, 0.3) is 77.8 Å². The Labute approximate surface area is 306 Å². The Balaban J connectivity index is 1.10. The summed E-state index contributed by atoms with van der Waals surface area (Å²) in [4.78, 5) is 4.85. The molecule has 7 aromatic carbocycles. The van der Waals surface area contributed by atoms with Crippen LogP contribution in [0.3, 0.4) is 0 Å². The molecule has 0 aliphatic heterocycles. The summed E-state index contributed by atoms with van der Waals surface area (Å²) in [5.74, 6) is 0. The Morgan fingerprint density at radius 3 is 1.70 bits per heavy atom. The lowest BCUT2D eigenvalue weighted by molar-refractivity contribution is 0.795. The lowest BCUT2D eigenvalue weighted by Gasteiger charge is -2.30. The molecule has 2 aliphatic rings. The maximum atomic E-state index is 4.85. The number of rotatable bonds is 3. The maximum absolute atomic E-state index is 4.85. The van der Waals surface area contributed by atoms with E-state index >= 15 is 0 Å². The van der Waals surface area contributed by atoms with E-state index in [4.69, 9.17) is 4.98 Å². The first-order valence-electron chi connectivity index (χ1n) is 18.3. The van der Waals surface area contributed by atoms with Crippen LogP contribution >= 0.6 is 0 Å². The van der Waals surface area contributed by atoms with Gasteiger partial charge in [-0.15, -0.1) is 0 Å². The summed E-state index contributed by atoms with van der Waals surface area (Å²) in [5, 5.41) is 2.52. The quantitative estimate of drug-likeness (QED) is 0.183. The van der Waals surface area contributed by atoms with Gasteiger partial charge in [0.05, 0.1) is 22.1 Å². The van der Waals surface area contributed by atoms with E-state index in [0.29, 0.717) is 0 Å². The van der Waals surface area contributed by atoms with E-state index in [-0.39, 0.29) is 5.41 Å². The van der Waals surface area contributed by atoms with Crippen molar-refractivity contribution in [2.45, 2.75) is 5.41 Å². The Kier molecular flexibility index (Phi) is 5.70. The van der Waals surface area contributed by atoms with Gasteiger partial charge in [-0.25, -0.2) is 4.98 Å². The topological polar surface area (TPSA) is 22.2 Å². The highest BCUT2D eigenvalue weighted by Gasteiger charge is 2.51. The molecule has 3 heteroatoms. The van der Waals surface area contributed by atoms with Gasteiger partial charge in [-0.2, -0.15) is 0 Å².